The third-order valence-corrected chi connectivity index (χ3v) is 11.1. The fourth-order valence-corrected chi connectivity index (χ4v) is 8.56. The molecule has 3 aromatic heterocycles. The van der Waals surface area contributed by atoms with E-state index in [1.165, 1.54) is 0 Å². The molecule has 0 radical (unpaired) electrons. The fourth-order valence-electron chi connectivity index (χ4n) is 8.56. The molecular formula is C53H32N4O. The highest BCUT2D eigenvalue weighted by Crippen LogP contribution is 2.47. The van der Waals surface area contributed by atoms with Gasteiger partial charge in [-0.1, -0.05) is 158 Å². The molecule has 0 unspecified atom stereocenters. The Hall–Kier alpha value is -8.07. The first kappa shape index (κ1) is 33.3. The van der Waals surface area contributed by atoms with E-state index in [1.54, 1.807) is 0 Å². The maximum absolute atomic E-state index is 10.7. The van der Waals surface area contributed by atoms with Crippen molar-refractivity contribution in [1.29, 1.82) is 5.26 Å². The lowest BCUT2D eigenvalue weighted by molar-refractivity contribution is 0.673. The van der Waals surface area contributed by atoms with Crippen LogP contribution in [-0.2, 0) is 0 Å². The molecular weight excluding hydrogens is 709 g/mol. The molecule has 270 valence electrons. The van der Waals surface area contributed by atoms with Crippen LogP contribution >= 0.6 is 0 Å². The number of hydrogen-bond acceptors (Lipinski definition) is 4. The number of nitrogens with zero attached hydrogens (tertiary/aromatic N) is 4. The van der Waals surface area contributed by atoms with Crippen molar-refractivity contribution in [2.75, 3.05) is 0 Å². The van der Waals surface area contributed by atoms with Crippen LogP contribution in [0.1, 0.15) is 5.56 Å². The topological polar surface area (TPSA) is 67.6 Å². The minimum Gasteiger partial charge on any atom is -0.455 e. The lowest BCUT2D eigenvalue weighted by Crippen LogP contribution is -2.04. The van der Waals surface area contributed by atoms with Gasteiger partial charge >= 0.3 is 0 Å². The van der Waals surface area contributed by atoms with Gasteiger partial charge in [-0.25, -0.2) is 9.97 Å². The summed E-state index contributed by atoms with van der Waals surface area (Å²) in [5, 5.41) is 15.1. The fraction of sp³-hybridized carbons (Fsp3) is 0. The van der Waals surface area contributed by atoms with Gasteiger partial charge in [0.05, 0.1) is 33.5 Å². The SMILES string of the molecule is N#Cc1c(-c2ccccc2)nc(-c2ccc(-n3c4ccccc4c4c5oc6ccccc6c5ccc43)c(-c3ccccc3)c2-c2ccccc2)nc1-c1ccccc1. The Balaban J connectivity index is 1.28. The number of aromatic nitrogens is 3. The molecule has 11 aromatic rings. The molecule has 0 saturated heterocycles. The summed E-state index contributed by atoms with van der Waals surface area (Å²) in [7, 11) is 0. The lowest BCUT2D eigenvalue weighted by atomic mass is 9.88. The highest BCUT2D eigenvalue weighted by atomic mass is 16.3. The van der Waals surface area contributed by atoms with E-state index in [-0.39, 0.29) is 0 Å². The first-order chi connectivity index (χ1) is 28.8. The van der Waals surface area contributed by atoms with E-state index in [4.69, 9.17) is 14.4 Å². The maximum Gasteiger partial charge on any atom is 0.161 e. The summed E-state index contributed by atoms with van der Waals surface area (Å²) in [4.78, 5) is 10.6. The third-order valence-electron chi connectivity index (χ3n) is 11.1. The van der Waals surface area contributed by atoms with Gasteiger partial charge < -0.3 is 8.98 Å². The predicted octanol–water partition coefficient (Wildman–Crippen LogP) is 13.7. The average molecular weight is 741 g/mol. The normalized spacial score (nSPS) is 11.4. The van der Waals surface area contributed by atoms with Crippen LogP contribution < -0.4 is 0 Å². The zero-order chi connectivity index (χ0) is 38.6. The second-order valence-corrected chi connectivity index (χ2v) is 14.4. The van der Waals surface area contributed by atoms with E-state index in [2.05, 4.69) is 126 Å². The van der Waals surface area contributed by atoms with E-state index in [0.717, 1.165) is 88.4 Å². The average Bonchev–Trinajstić information content (AvgIpc) is 3.85. The van der Waals surface area contributed by atoms with Gasteiger partial charge in [0.1, 0.15) is 22.8 Å². The molecule has 0 amide bonds. The Kier molecular flexibility index (Phi) is 7.80. The second kappa shape index (κ2) is 13.6. The Morgan fingerprint density at radius 2 is 0.983 bits per heavy atom. The van der Waals surface area contributed by atoms with Crippen LogP contribution in [0.2, 0.25) is 0 Å². The summed E-state index contributed by atoms with van der Waals surface area (Å²) in [6.07, 6.45) is 0. The summed E-state index contributed by atoms with van der Waals surface area (Å²) >= 11 is 0. The predicted molar refractivity (Wildman–Crippen MR) is 236 cm³/mol. The third kappa shape index (κ3) is 5.24. The molecule has 0 spiro atoms. The Labute approximate surface area is 334 Å². The van der Waals surface area contributed by atoms with Gasteiger partial charge in [0, 0.05) is 44.0 Å². The number of benzene rings is 8. The van der Waals surface area contributed by atoms with E-state index in [0.29, 0.717) is 22.8 Å². The van der Waals surface area contributed by atoms with E-state index in [1.807, 2.05) is 78.9 Å². The van der Waals surface area contributed by atoms with Crippen molar-refractivity contribution in [2.24, 2.45) is 0 Å². The van der Waals surface area contributed by atoms with Crippen molar-refractivity contribution in [1.82, 2.24) is 14.5 Å². The molecule has 3 heterocycles. The number of rotatable bonds is 6. The quantitative estimate of drug-likeness (QED) is 0.170. The van der Waals surface area contributed by atoms with E-state index >= 15 is 0 Å². The van der Waals surface area contributed by atoms with Crippen molar-refractivity contribution in [3.63, 3.8) is 0 Å². The van der Waals surface area contributed by atoms with E-state index < -0.39 is 0 Å². The van der Waals surface area contributed by atoms with Gasteiger partial charge in [-0.3, -0.25) is 0 Å². The van der Waals surface area contributed by atoms with Crippen molar-refractivity contribution in [3.05, 3.63) is 200 Å². The Morgan fingerprint density at radius 1 is 0.448 bits per heavy atom. The van der Waals surface area contributed by atoms with E-state index in [9.17, 15) is 5.26 Å². The molecule has 0 fully saturated rings. The zero-order valence-electron chi connectivity index (χ0n) is 31.2. The number of nitriles is 1. The van der Waals surface area contributed by atoms with Gasteiger partial charge in [0.2, 0.25) is 0 Å². The van der Waals surface area contributed by atoms with Crippen LogP contribution in [0.25, 0.3) is 106 Å². The first-order valence-electron chi connectivity index (χ1n) is 19.3. The Bertz CT molecular complexity index is 3320. The molecule has 0 atom stereocenters. The summed E-state index contributed by atoms with van der Waals surface area (Å²) in [5.41, 5.74) is 13.1. The smallest absolute Gasteiger partial charge is 0.161 e. The lowest BCUT2D eigenvalue weighted by Gasteiger charge is -2.22. The molecule has 0 saturated carbocycles. The molecule has 0 aliphatic heterocycles. The molecule has 0 bridgehead atoms. The van der Waals surface area contributed by atoms with Gasteiger partial charge in [-0.05, 0) is 47.5 Å². The monoisotopic (exact) mass is 740 g/mol. The van der Waals surface area contributed by atoms with Crippen LogP contribution in [0.3, 0.4) is 0 Å². The van der Waals surface area contributed by atoms with Crippen molar-refractivity contribution >= 4 is 43.7 Å². The number of hydrogen-bond donors (Lipinski definition) is 0. The highest BCUT2D eigenvalue weighted by Gasteiger charge is 2.26. The van der Waals surface area contributed by atoms with Crippen LogP contribution in [0.5, 0.6) is 0 Å². The zero-order valence-corrected chi connectivity index (χ0v) is 31.2. The summed E-state index contributed by atoms with van der Waals surface area (Å²) in [6.45, 7) is 0. The molecule has 58 heavy (non-hydrogen) atoms. The van der Waals surface area contributed by atoms with Crippen LogP contribution in [0.4, 0.5) is 0 Å². The van der Waals surface area contributed by atoms with Crippen molar-refractivity contribution < 1.29 is 4.42 Å². The molecule has 11 rings (SSSR count). The largest absolute Gasteiger partial charge is 0.455 e. The minimum absolute atomic E-state index is 0.435. The minimum atomic E-state index is 0.435. The van der Waals surface area contributed by atoms with Crippen LogP contribution in [-0.4, -0.2) is 14.5 Å². The maximum atomic E-state index is 10.7. The molecule has 5 nitrogen and oxygen atoms in total. The van der Waals surface area contributed by atoms with Crippen molar-refractivity contribution in [2.45, 2.75) is 0 Å². The molecule has 0 aliphatic carbocycles. The van der Waals surface area contributed by atoms with Crippen LogP contribution in [0, 0.1) is 11.3 Å². The highest BCUT2D eigenvalue weighted by molar-refractivity contribution is 6.24. The Morgan fingerprint density at radius 3 is 1.60 bits per heavy atom. The van der Waals surface area contributed by atoms with Gasteiger partial charge in [0.25, 0.3) is 0 Å². The number of para-hydroxylation sites is 2. The first-order valence-corrected chi connectivity index (χ1v) is 19.3. The summed E-state index contributed by atoms with van der Waals surface area (Å²) in [6, 6.07) is 69.0. The van der Waals surface area contributed by atoms with Gasteiger partial charge in [-0.2, -0.15) is 5.26 Å². The molecule has 0 aliphatic rings. The molecule has 8 aromatic carbocycles. The standard InChI is InChI=1S/C53H32N4O/c54-33-42-50(36-21-9-3-10-22-36)55-53(56-51(42)37-23-11-4-12-24-37)41-30-32-44(48(35-19-7-2-8-20-35)47(41)34-17-5-1-6-18-34)57-43-27-15-13-26-40(43)49-45(57)31-29-39-38-25-14-16-28-46(38)58-52(39)49/h1-32H. The summed E-state index contributed by atoms with van der Waals surface area (Å²) in [5.74, 6) is 0.533. The van der Waals surface area contributed by atoms with Gasteiger partial charge in [0.15, 0.2) is 5.82 Å². The number of fused-ring (bicyclic) bond motifs is 7. The number of furan rings is 1. The second-order valence-electron chi connectivity index (χ2n) is 14.4. The molecule has 5 heteroatoms. The molecule has 0 N–H and O–H groups in total. The van der Waals surface area contributed by atoms with Crippen LogP contribution in [0.15, 0.2) is 199 Å². The summed E-state index contributed by atoms with van der Waals surface area (Å²) < 4.78 is 9.04. The van der Waals surface area contributed by atoms with Crippen molar-refractivity contribution in [3.8, 4) is 67.9 Å². The van der Waals surface area contributed by atoms with Gasteiger partial charge in [-0.15, -0.1) is 0 Å².